The Morgan fingerprint density at radius 2 is 1.97 bits per heavy atom. The van der Waals surface area contributed by atoms with Crippen molar-refractivity contribution >= 4 is 27.3 Å². The lowest BCUT2D eigenvalue weighted by molar-refractivity contribution is -0.121. The monoisotopic (exact) mass is 429 g/mol. The maximum absolute atomic E-state index is 12.7. The Morgan fingerprint density at radius 3 is 2.70 bits per heavy atom. The Bertz CT molecular complexity index is 991. The molecule has 3 rings (SSSR count). The van der Waals surface area contributed by atoms with E-state index in [4.69, 9.17) is 0 Å². The topological polar surface area (TPSA) is 69.7 Å². The minimum absolute atomic E-state index is 0.291. The van der Waals surface area contributed by atoms with Crippen molar-refractivity contribution in [3.05, 3.63) is 59.7 Å². The zero-order valence-corrected chi connectivity index (χ0v) is 18.8. The molecule has 0 radical (unpaired) electrons. The minimum Gasteiger partial charge on any atom is -0.371 e. The van der Waals surface area contributed by atoms with Crippen LogP contribution in [0.1, 0.15) is 30.9 Å². The van der Waals surface area contributed by atoms with E-state index in [1.807, 2.05) is 13.0 Å². The smallest absolute Gasteiger partial charge is 0.243 e. The van der Waals surface area contributed by atoms with Gasteiger partial charge in [-0.2, -0.15) is 0 Å². The van der Waals surface area contributed by atoms with Crippen LogP contribution in [0.25, 0.3) is 0 Å². The van der Waals surface area contributed by atoms with Crippen LogP contribution in [0.5, 0.6) is 0 Å². The van der Waals surface area contributed by atoms with Gasteiger partial charge in [0.25, 0.3) is 0 Å². The third kappa shape index (κ3) is 5.33. The summed E-state index contributed by atoms with van der Waals surface area (Å²) in [7, 11) is -3.60. The van der Waals surface area contributed by atoms with Gasteiger partial charge in [0, 0.05) is 25.3 Å². The molecule has 0 spiro atoms. The summed E-state index contributed by atoms with van der Waals surface area (Å²) in [6.07, 6.45) is 4.18. The number of benzene rings is 2. The molecule has 0 bridgehead atoms. The highest BCUT2D eigenvalue weighted by Gasteiger charge is 2.29. The zero-order chi connectivity index (χ0) is 21.7. The van der Waals surface area contributed by atoms with E-state index in [1.165, 1.54) is 15.6 Å². The van der Waals surface area contributed by atoms with E-state index >= 15 is 0 Å². The van der Waals surface area contributed by atoms with Crippen LogP contribution < -0.4 is 14.5 Å². The lowest BCUT2D eigenvalue weighted by atomic mass is 10.0. The zero-order valence-electron chi connectivity index (χ0n) is 18.0. The molecular weight excluding hydrogens is 398 g/mol. The molecule has 0 fully saturated rings. The van der Waals surface area contributed by atoms with E-state index in [1.54, 1.807) is 25.1 Å². The van der Waals surface area contributed by atoms with Gasteiger partial charge >= 0.3 is 0 Å². The van der Waals surface area contributed by atoms with Crippen LogP contribution in [0.2, 0.25) is 0 Å². The number of hydrogen-bond donors (Lipinski definition) is 1. The number of aryl methyl sites for hydroxylation is 2. The van der Waals surface area contributed by atoms with Crippen molar-refractivity contribution in [1.82, 2.24) is 5.32 Å². The molecule has 2 aromatic carbocycles. The molecule has 0 aromatic heterocycles. The van der Waals surface area contributed by atoms with E-state index in [0.717, 1.165) is 44.2 Å². The van der Waals surface area contributed by atoms with Gasteiger partial charge in [0.2, 0.25) is 15.9 Å². The summed E-state index contributed by atoms with van der Waals surface area (Å²) in [6, 6.07) is 14.8. The van der Waals surface area contributed by atoms with Crippen LogP contribution in [0, 0.1) is 6.92 Å². The second-order valence-electron chi connectivity index (χ2n) is 7.94. The number of amides is 1. The first-order chi connectivity index (χ1) is 14.3. The second kappa shape index (κ2) is 9.51. The van der Waals surface area contributed by atoms with E-state index in [2.05, 4.69) is 34.5 Å². The van der Waals surface area contributed by atoms with Gasteiger partial charge in [0.1, 0.15) is 6.04 Å². The lowest BCUT2D eigenvalue weighted by Gasteiger charge is -2.31. The quantitative estimate of drug-likeness (QED) is 0.655. The summed E-state index contributed by atoms with van der Waals surface area (Å²) >= 11 is 0. The van der Waals surface area contributed by atoms with Crippen molar-refractivity contribution in [1.29, 1.82) is 0 Å². The Hall–Kier alpha value is -2.54. The number of carbonyl (C=O) groups excluding carboxylic acids is 1. The number of nitrogens with zero attached hydrogens (tertiary/aromatic N) is 2. The van der Waals surface area contributed by atoms with Gasteiger partial charge in [-0.3, -0.25) is 9.10 Å². The van der Waals surface area contributed by atoms with Crippen molar-refractivity contribution in [2.45, 2.75) is 39.2 Å². The molecule has 0 unspecified atom stereocenters. The largest absolute Gasteiger partial charge is 0.371 e. The van der Waals surface area contributed by atoms with Crippen LogP contribution in [0.3, 0.4) is 0 Å². The Kier molecular flexibility index (Phi) is 7.02. The third-order valence-electron chi connectivity index (χ3n) is 5.46. The average Bonchev–Trinajstić information content (AvgIpc) is 2.70. The van der Waals surface area contributed by atoms with Gasteiger partial charge in [-0.25, -0.2) is 8.42 Å². The second-order valence-corrected chi connectivity index (χ2v) is 9.80. The minimum atomic E-state index is -3.60. The molecule has 0 saturated carbocycles. The number of para-hydroxylation sites is 1. The average molecular weight is 430 g/mol. The first-order valence-corrected chi connectivity index (χ1v) is 12.3. The third-order valence-corrected chi connectivity index (χ3v) is 6.70. The normalized spacial score (nSPS) is 14.7. The Balaban J connectivity index is 1.57. The van der Waals surface area contributed by atoms with Gasteiger partial charge in [-0.05, 0) is 62.4 Å². The summed E-state index contributed by atoms with van der Waals surface area (Å²) in [5, 5.41) is 2.91. The SMILES string of the molecule is Cc1cccc(N([C@@H](C)C(=O)NCCCN2CCCc3ccccc32)S(C)(=O)=O)c1. The molecule has 1 aliphatic heterocycles. The van der Waals surface area contributed by atoms with Crippen molar-refractivity contribution in [3.8, 4) is 0 Å². The van der Waals surface area contributed by atoms with E-state index in [0.29, 0.717) is 12.2 Å². The highest BCUT2D eigenvalue weighted by Crippen LogP contribution is 2.26. The number of rotatable bonds is 8. The summed E-state index contributed by atoms with van der Waals surface area (Å²) in [6.45, 7) is 5.91. The van der Waals surface area contributed by atoms with Gasteiger partial charge in [0.15, 0.2) is 0 Å². The molecule has 7 heteroatoms. The predicted octanol–water partition coefficient (Wildman–Crippen LogP) is 3.11. The fourth-order valence-corrected chi connectivity index (χ4v) is 5.21. The van der Waals surface area contributed by atoms with Crippen LogP contribution in [0.15, 0.2) is 48.5 Å². The molecule has 1 atom stereocenters. The van der Waals surface area contributed by atoms with E-state index < -0.39 is 16.1 Å². The van der Waals surface area contributed by atoms with Crippen LogP contribution in [-0.4, -0.2) is 46.3 Å². The molecule has 1 amide bonds. The lowest BCUT2D eigenvalue weighted by Crippen LogP contribution is -2.48. The standard InChI is InChI=1S/C23H31N3O3S/c1-18-9-6-12-21(17-18)26(30(3,28)29)19(2)23(27)24-14-8-16-25-15-7-11-20-10-4-5-13-22(20)25/h4-6,9-10,12-13,17,19H,7-8,11,14-16H2,1-3H3,(H,24,27)/t19-/m0/s1. The molecule has 1 aliphatic rings. The molecule has 30 heavy (non-hydrogen) atoms. The Morgan fingerprint density at radius 1 is 1.20 bits per heavy atom. The molecule has 6 nitrogen and oxygen atoms in total. The molecule has 2 aromatic rings. The van der Waals surface area contributed by atoms with E-state index in [9.17, 15) is 13.2 Å². The summed E-state index contributed by atoms with van der Waals surface area (Å²) < 4.78 is 26.0. The number of nitrogens with one attached hydrogen (secondary N) is 1. The molecule has 162 valence electrons. The van der Waals surface area contributed by atoms with Crippen LogP contribution >= 0.6 is 0 Å². The van der Waals surface area contributed by atoms with E-state index in [-0.39, 0.29) is 5.91 Å². The van der Waals surface area contributed by atoms with Crippen molar-refractivity contribution < 1.29 is 13.2 Å². The molecule has 0 aliphatic carbocycles. The first kappa shape index (κ1) is 22.2. The number of anilines is 2. The van der Waals surface area contributed by atoms with Gasteiger partial charge < -0.3 is 10.2 Å². The number of hydrogen-bond acceptors (Lipinski definition) is 4. The van der Waals surface area contributed by atoms with Crippen molar-refractivity contribution in [2.75, 3.05) is 35.1 Å². The predicted molar refractivity (Wildman–Crippen MR) is 123 cm³/mol. The van der Waals surface area contributed by atoms with Crippen LogP contribution in [-0.2, 0) is 21.2 Å². The molecular formula is C23H31N3O3S. The van der Waals surface area contributed by atoms with Crippen molar-refractivity contribution in [3.63, 3.8) is 0 Å². The highest BCUT2D eigenvalue weighted by atomic mass is 32.2. The van der Waals surface area contributed by atoms with Gasteiger partial charge in [-0.15, -0.1) is 0 Å². The molecule has 1 heterocycles. The summed E-state index contributed by atoms with van der Waals surface area (Å²) in [4.78, 5) is 15.1. The van der Waals surface area contributed by atoms with Gasteiger partial charge in [-0.1, -0.05) is 30.3 Å². The van der Waals surface area contributed by atoms with Crippen molar-refractivity contribution in [2.24, 2.45) is 0 Å². The fourth-order valence-electron chi connectivity index (χ4n) is 4.05. The maximum Gasteiger partial charge on any atom is 0.243 e. The maximum atomic E-state index is 12.7. The fraction of sp³-hybridized carbons (Fsp3) is 0.435. The summed E-state index contributed by atoms with van der Waals surface area (Å²) in [5.74, 6) is -0.291. The van der Waals surface area contributed by atoms with Gasteiger partial charge in [0.05, 0.1) is 11.9 Å². The highest BCUT2D eigenvalue weighted by molar-refractivity contribution is 7.92. The Labute approximate surface area is 179 Å². The molecule has 1 N–H and O–H groups in total. The van der Waals surface area contributed by atoms with Crippen LogP contribution in [0.4, 0.5) is 11.4 Å². The first-order valence-electron chi connectivity index (χ1n) is 10.4. The summed E-state index contributed by atoms with van der Waals surface area (Å²) in [5.41, 5.74) is 4.11. The molecule has 0 saturated heterocycles. The number of sulfonamides is 1. The number of fused-ring (bicyclic) bond motifs is 1. The number of carbonyl (C=O) groups is 1.